The van der Waals surface area contributed by atoms with E-state index in [-0.39, 0.29) is 5.91 Å². The van der Waals surface area contributed by atoms with E-state index in [0.29, 0.717) is 13.0 Å². The number of ether oxygens (including phenoxy) is 1. The maximum atomic E-state index is 11.5. The molecule has 0 unspecified atom stereocenters. The first-order chi connectivity index (χ1) is 7.76. The first kappa shape index (κ1) is 12.5. The molecule has 1 aromatic rings. The van der Waals surface area contributed by atoms with E-state index in [2.05, 4.69) is 5.32 Å². The topological polar surface area (TPSA) is 64.3 Å². The summed E-state index contributed by atoms with van der Waals surface area (Å²) in [5.41, 5.74) is 6.14. The molecular formula is C12H18N2O2. The second kappa shape index (κ2) is 6.85. The van der Waals surface area contributed by atoms with Gasteiger partial charge in [-0.3, -0.25) is 4.79 Å². The smallest absolute Gasteiger partial charge is 0.224 e. The Kier molecular flexibility index (Phi) is 5.36. The quantitative estimate of drug-likeness (QED) is 0.721. The molecule has 0 saturated heterocycles. The third-order valence-electron chi connectivity index (χ3n) is 2.23. The Balaban J connectivity index is 2.37. The molecule has 1 amide bonds. The second-order valence-corrected chi connectivity index (χ2v) is 3.52. The number of carbonyl (C=O) groups excluding carboxylic acids is 1. The highest BCUT2D eigenvalue weighted by Gasteiger charge is 2.01. The number of anilines is 1. The molecular weight excluding hydrogens is 204 g/mol. The highest BCUT2D eigenvalue weighted by Crippen LogP contribution is 2.15. The molecule has 0 heterocycles. The van der Waals surface area contributed by atoms with E-state index in [4.69, 9.17) is 10.5 Å². The highest BCUT2D eigenvalue weighted by atomic mass is 16.5. The lowest BCUT2D eigenvalue weighted by atomic mass is 10.2. The van der Waals surface area contributed by atoms with Crippen LogP contribution in [0.5, 0.6) is 5.75 Å². The molecule has 0 radical (unpaired) electrons. The second-order valence-electron chi connectivity index (χ2n) is 3.52. The predicted molar refractivity (Wildman–Crippen MR) is 64.5 cm³/mol. The van der Waals surface area contributed by atoms with Gasteiger partial charge in [0, 0.05) is 12.1 Å². The van der Waals surface area contributed by atoms with Gasteiger partial charge in [0.1, 0.15) is 5.75 Å². The summed E-state index contributed by atoms with van der Waals surface area (Å²) in [6, 6.07) is 7.27. The van der Waals surface area contributed by atoms with Gasteiger partial charge in [0.25, 0.3) is 0 Å². The average Bonchev–Trinajstić information content (AvgIpc) is 2.30. The van der Waals surface area contributed by atoms with Crippen molar-refractivity contribution >= 4 is 11.6 Å². The largest absolute Gasteiger partial charge is 0.497 e. The summed E-state index contributed by atoms with van der Waals surface area (Å²) < 4.78 is 5.03. The van der Waals surface area contributed by atoms with Crippen LogP contribution in [0, 0.1) is 0 Å². The van der Waals surface area contributed by atoms with Gasteiger partial charge < -0.3 is 15.8 Å². The number of benzene rings is 1. The van der Waals surface area contributed by atoms with Crippen molar-refractivity contribution in [1.29, 1.82) is 0 Å². The molecule has 16 heavy (non-hydrogen) atoms. The molecule has 0 aliphatic rings. The summed E-state index contributed by atoms with van der Waals surface area (Å²) in [6.45, 7) is 0.635. The Hall–Kier alpha value is -1.55. The van der Waals surface area contributed by atoms with E-state index in [1.807, 2.05) is 24.3 Å². The van der Waals surface area contributed by atoms with Gasteiger partial charge in [0.15, 0.2) is 0 Å². The summed E-state index contributed by atoms with van der Waals surface area (Å²) >= 11 is 0. The number of carbonyl (C=O) groups is 1. The minimum atomic E-state index is 0.0265. The molecule has 0 aliphatic carbocycles. The molecule has 0 aromatic heterocycles. The lowest BCUT2D eigenvalue weighted by Gasteiger charge is -2.05. The zero-order valence-corrected chi connectivity index (χ0v) is 9.53. The molecule has 0 aliphatic heterocycles. The summed E-state index contributed by atoms with van der Waals surface area (Å²) in [5.74, 6) is 0.805. The number of rotatable bonds is 6. The van der Waals surface area contributed by atoms with Gasteiger partial charge in [-0.2, -0.15) is 0 Å². The number of methoxy groups -OCH3 is 1. The number of amides is 1. The number of unbranched alkanes of at least 4 members (excludes halogenated alkanes) is 1. The van der Waals surface area contributed by atoms with Gasteiger partial charge in [0.2, 0.25) is 5.91 Å². The molecule has 0 bridgehead atoms. The Morgan fingerprint density at radius 1 is 1.31 bits per heavy atom. The summed E-state index contributed by atoms with van der Waals surface area (Å²) in [7, 11) is 1.61. The van der Waals surface area contributed by atoms with Crippen molar-refractivity contribution in [2.75, 3.05) is 19.0 Å². The van der Waals surface area contributed by atoms with Crippen LogP contribution >= 0.6 is 0 Å². The third kappa shape index (κ3) is 4.31. The van der Waals surface area contributed by atoms with Crippen LogP contribution in [0.25, 0.3) is 0 Å². The fraction of sp³-hybridized carbons (Fsp3) is 0.417. The summed E-state index contributed by atoms with van der Waals surface area (Å²) in [6.07, 6.45) is 2.23. The van der Waals surface area contributed by atoms with Crippen LogP contribution in [0.2, 0.25) is 0 Å². The van der Waals surface area contributed by atoms with E-state index in [1.54, 1.807) is 7.11 Å². The normalized spacial score (nSPS) is 9.88. The van der Waals surface area contributed by atoms with Crippen molar-refractivity contribution in [1.82, 2.24) is 0 Å². The van der Waals surface area contributed by atoms with E-state index < -0.39 is 0 Å². The Labute approximate surface area is 95.8 Å². The van der Waals surface area contributed by atoms with E-state index in [0.717, 1.165) is 24.3 Å². The first-order valence-electron chi connectivity index (χ1n) is 5.40. The van der Waals surface area contributed by atoms with Gasteiger partial charge in [-0.1, -0.05) is 0 Å². The lowest BCUT2D eigenvalue weighted by molar-refractivity contribution is -0.116. The molecule has 1 aromatic carbocycles. The third-order valence-corrected chi connectivity index (χ3v) is 2.23. The fourth-order valence-corrected chi connectivity index (χ4v) is 1.33. The van der Waals surface area contributed by atoms with Crippen LogP contribution in [0.15, 0.2) is 24.3 Å². The highest BCUT2D eigenvalue weighted by molar-refractivity contribution is 5.90. The van der Waals surface area contributed by atoms with Gasteiger partial charge in [0.05, 0.1) is 7.11 Å². The predicted octanol–water partition coefficient (Wildman–Crippen LogP) is 1.76. The zero-order chi connectivity index (χ0) is 11.8. The first-order valence-corrected chi connectivity index (χ1v) is 5.40. The molecule has 0 spiro atoms. The van der Waals surface area contributed by atoms with Gasteiger partial charge in [-0.05, 0) is 43.7 Å². The van der Waals surface area contributed by atoms with Gasteiger partial charge in [-0.25, -0.2) is 0 Å². The number of hydrogen-bond acceptors (Lipinski definition) is 3. The molecule has 1 rings (SSSR count). The molecule has 3 N–H and O–H groups in total. The van der Waals surface area contributed by atoms with Crippen molar-refractivity contribution in [3.8, 4) is 5.75 Å². The van der Waals surface area contributed by atoms with Gasteiger partial charge in [-0.15, -0.1) is 0 Å². The monoisotopic (exact) mass is 222 g/mol. The van der Waals surface area contributed by atoms with Crippen molar-refractivity contribution in [2.45, 2.75) is 19.3 Å². The number of hydrogen-bond donors (Lipinski definition) is 2. The van der Waals surface area contributed by atoms with E-state index in [9.17, 15) is 4.79 Å². The maximum Gasteiger partial charge on any atom is 0.224 e. The Bertz CT molecular complexity index is 322. The SMILES string of the molecule is COc1ccc(NC(=O)CCCCN)cc1. The number of nitrogens with two attached hydrogens (primary N) is 1. The Morgan fingerprint density at radius 3 is 2.56 bits per heavy atom. The molecule has 0 atom stereocenters. The van der Waals surface area contributed by atoms with Crippen LogP contribution in [-0.4, -0.2) is 19.6 Å². The average molecular weight is 222 g/mol. The van der Waals surface area contributed by atoms with Crippen LogP contribution in [0.3, 0.4) is 0 Å². The standard InChI is InChI=1S/C12H18N2O2/c1-16-11-7-5-10(6-8-11)14-12(15)4-2-3-9-13/h5-8H,2-4,9,13H2,1H3,(H,14,15). The summed E-state index contributed by atoms with van der Waals surface area (Å²) in [4.78, 5) is 11.5. The van der Waals surface area contributed by atoms with Crippen molar-refractivity contribution < 1.29 is 9.53 Å². The minimum absolute atomic E-state index is 0.0265. The molecule has 88 valence electrons. The van der Waals surface area contributed by atoms with Crippen LogP contribution in [-0.2, 0) is 4.79 Å². The van der Waals surface area contributed by atoms with Crippen molar-refractivity contribution in [2.24, 2.45) is 5.73 Å². The van der Waals surface area contributed by atoms with Crippen molar-refractivity contribution in [3.05, 3.63) is 24.3 Å². The van der Waals surface area contributed by atoms with E-state index in [1.165, 1.54) is 0 Å². The molecule has 4 heteroatoms. The summed E-state index contributed by atoms with van der Waals surface area (Å²) in [5, 5.41) is 2.82. The van der Waals surface area contributed by atoms with Crippen LogP contribution < -0.4 is 15.8 Å². The molecule has 4 nitrogen and oxygen atoms in total. The minimum Gasteiger partial charge on any atom is -0.497 e. The molecule has 0 fully saturated rings. The molecule has 0 saturated carbocycles. The van der Waals surface area contributed by atoms with Crippen LogP contribution in [0.4, 0.5) is 5.69 Å². The maximum absolute atomic E-state index is 11.5. The zero-order valence-electron chi connectivity index (χ0n) is 9.53. The van der Waals surface area contributed by atoms with Crippen molar-refractivity contribution in [3.63, 3.8) is 0 Å². The fourth-order valence-electron chi connectivity index (χ4n) is 1.33. The Morgan fingerprint density at radius 2 is 2.00 bits per heavy atom. The van der Waals surface area contributed by atoms with Gasteiger partial charge >= 0.3 is 0 Å². The van der Waals surface area contributed by atoms with Crippen LogP contribution in [0.1, 0.15) is 19.3 Å². The van der Waals surface area contributed by atoms with E-state index >= 15 is 0 Å². The lowest BCUT2D eigenvalue weighted by Crippen LogP contribution is -2.11. The number of nitrogens with one attached hydrogen (secondary N) is 1.